The first-order valence-corrected chi connectivity index (χ1v) is 13.9. The van der Waals surface area contributed by atoms with Crippen LogP contribution in [0, 0.1) is 18.8 Å². The highest BCUT2D eigenvalue weighted by Crippen LogP contribution is 2.31. The zero-order chi connectivity index (χ0) is 26.8. The Morgan fingerprint density at radius 3 is 2.50 bits per heavy atom. The molecule has 3 aromatic rings. The quantitative estimate of drug-likeness (QED) is 0.416. The summed E-state index contributed by atoms with van der Waals surface area (Å²) in [5, 5.41) is 17.9. The summed E-state index contributed by atoms with van der Waals surface area (Å²) in [6.45, 7) is 7.46. The van der Waals surface area contributed by atoms with Crippen molar-refractivity contribution in [3.05, 3.63) is 76.6 Å². The molecule has 2 heterocycles. The molecule has 2 aromatic carbocycles. The largest absolute Gasteiger partial charge is 0.481 e. The van der Waals surface area contributed by atoms with Gasteiger partial charge in [-0.15, -0.1) is 0 Å². The number of likely N-dealkylation sites (tertiary alicyclic amines) is 1. The van der Waals surface area contributed by atoms with Crippen molar-refractivity contribution in [1.29, 1.82) is 0 Å². The molecule has 5 rings (SSSR count). The minimum absolute atomic E-state index is 0.102. The van der Waals surface area contributed by atoms with Crippen LogP contribution in [-0.4, -0.2) is 44.8 Å². The summed E-state index contributed by atoms with van der Waals surface area (Å²) in [4.78, 5) is 26.0. The molecule has 1 fully saturated rings. The lowest BCUT2D eigenvalue weighted by atomic mass is 9.92. The van der Waals surface area contributed by atoms with Gasteiger partial charge in [0, 0.05) is 30.5 Å². The highest BCUT2D eigenvalue weighted by molar-refractivity contribution is 5.95. The number of nitrogens with zero attached hydrogens (tertiary/aromatic N) is 3. The topological polar surface area (TPSA) is 87.5 Å². The maximum absolute atomic E-state index is 13.0. The van der Waals surface area contributed by atoms with Gasteiger partial charge in [0.05, 0.1) is 23.3 Å². The normalized spacial score (nSPS) is 18.2. The van der Waals surface area contributed by atoms with Crippen molar-refractivity contribution in [3.63, 3.8) is 0 Å². The average molecular weight is 515 g/mol. The predicted molar refractivity (Wildman–Crippen MR) is 149 cm³/mol. The standard InChI is InChI=1S/C31H38N4O3/c1-20(2)29(27-15-14-26(17-21(27)3)35-19-23-7-4-5-9-28(23)33-35)32-25-12-10-22(11-13-25)30(36)34-16-6-8-24(18-34)31(37)38/h10-15,17,19-20,24,29,32H,4-9,16,18H2,1-3H3,(H,37,38)/t24-,29?/m1/s1. The summed E-state index contributed by atoms with van der Waals surface area (Å²) in [6, 6.07) is 14.2. The van der Waals surface area contributed by atoms with E-state index < -0.39 is 11.9 Å². The van der Waals surface area contributed by atoms with Crippen molar-refractivity contribution in [2.24, 2.45) is 11.8 Å². The molecule has 1 aromatic heterocycles. The fourth-order valence-electron chi connectivity index (χ4n) is 5.79. The van der Waals surface area contributed by atoms with Gasteiger partial charge in [-0.05, 0) is 104 Å². The Hall–Kier alpha value is -3.61. The predicted octanol–water partition coefficient (Wildman–Crippen LogP) is 5.81. The van der Waals surface area contributed by atoms with Gasteiger partial charge in [-0.1, -0.05) is 19.9 Å². The van der Waals surface area contributed by atoms with Gasteiger partial charge in [-0.25, -0.2) is 4.68 Å². The Morgan fingerprint density at radius 2 is 1.82 bits per heavy atom. The Balaban J connectivity index is 1.30. The minimum Gasteiger partial charge on any atom is -0.481 e. The molecule has 0 radical (unpaired) electrons. The molecule has 1 aliphatic heterocycles. The number of fused-ring (bicyclic) bond motifs is 1. The third-order valence-electron chi connectivity index (χ3n) is 8.02. The van der Waals surface area contributed by atoms with Gasteiger partial charge in [-0.3, -0.25) is 9.59 Å². The van der Waals surface area contributed by atoms with Crippen LogP contribution in [0.2, 0.25) is 0 Å². The van der Waals surface area contributed by atoms with Gasteiger partial charge in [0.1, 0.15) is 0 Å². The SMILES string of the molecule is Cc1cc(-n2cc3c(n2)CCCC3)ccc1C(Nc1ccc(C(=O)N2CCC[C@@H](C(=O)O)C2)cc1)C(C)C. The smallest absolute Gasteiger partial charge is 0.308 e. The summed E-state index contributed by atoms with van der Waals surface area (Å²) >= 11 is 0. The molecular weight excluding hydrogens is 476 g/mol. The number of piperidine rings is 1. The first-order valence-electron chi connectivity index (χ1n) is 13.9. The molecule has 38 heavy (non-hydrogen) atoms. The van der Waals surface area contributed by atoms with Crippen LogP contribution in [0.15, 0.2) is 48.7 Å². The number of aromatic nitrogens is 2. The second-order valence-electron chi connectivity index (χ2n) is 11.2. The van der Waals surface area contributed by atoms with E-state index in [9.17, 15) is 14.7 Å². The molecule has 0 bridgehead atoms. The third kappa shape index (κ3) is 5.47. The zero-order valence-electron chi connectivity index (χ0n) is 22.6. The van der Waals surface area contributed by atoms with E-state index in [-0.39, 0.29) is 18.5 Å². The van der Waals surface area contributed by atoms with Crippen molar-refractivity contribution in [2.45, 2.75) is 65.3 Å². The van der Waals surface area contributed by atoms with Crippen LogP contribution in [0.1, 0.15) is 78.3 Å². The Bertz CT molecular complexity index is 1290. The number of nitrogens with one attached hydrogen (secondary N) is 1. The van der Waals surface area contributed by atoms with Crippen LogP contribution in [0.4, 0.5) is 5.69 Å². The number of hydrogen-bond donors (Lipinski definition) is 2. The second-order valence-corrected chi connectivity index (χ2v) is 11.2. The van der Waals surface area contributed by atoms with Gasteiger partial charge in [0.2, 0.25) is 0 Å². The summed E-state index contributed by atoms with van der Waals surface area (Å²) in [5.41, 5.74) is 7.71. The van der Waals surface area contributed by atoms with Gasteiger partial charge in [0.15, 0.2) is 0 Å². The zero-order valence-corrected chi connectivity index (χ0v) is 22.6. The number of aliphatic carboxylic acids is 1. The summed E-state index contributed by atoms with van der Waals surface area (Å²) in [7, 11) is 0. The van der Waals surface area contributed by atoms with Crippen LogP contribution in [0.3, 0.4) is 0 Å². The van der Waals surface area contributed by atoms with E-state index >= 15 is 0 Å². The van der Waals surface area contributed by atoms with E-state index in [0.29, 0.717) is 24.4 Å². The third-order valence-corrected chi connectivity index (χ3v) is 8.02. The average Bonchev–Trinajstić information content (AvgIpc) is 3.36. The number of aryl methyl sites for hydroxylation is 3. The van der Waals surface area contributed by atoms with E-state index in [0.717, 1.165) is 30.6 Å². The van der Waals surface area contributed by atoms with Crippen LogP contribution in [0.25, 0.3) is 5.69 Å². The van der Waals surface area contributed by atoms with Crippen molar-refractivity contribution in [1.82, 2.24) is 14.7 Å². The molecule has 200 valence electrons. The van der Waals surface area contributed by atoms with Gasteiger partial charge >= 0.3 is 5.97 Å². The molecule has 1 amide bonds. The number of amides is 1. The first kappa shape index (κ1) is 26.0. The summed E-state index contributed by atoms with van der Waals surface area (Å²) < 4.78 is 2.03. The lowest BCUT2D eigenvalue weighted by Crippen LogP contribution is -2.42. The number of carboxylic acid groups (broad SMARTS) is 1. The summed E-state index contributed by atoms with van der Waals surface area (Å²) in [5.74, 6) is -1.06. The number of hydrogen-bond acceptors (Lipinski definition) is 4. The molecule has 1 unspecified atom stereocenters. The van der Waals surface area contributed by atoms with Crippen LogP contribution in [0.5, 0.6) is 0 Å². The van der Waals surface area contributed by atoms with Gasteiger partial charge in [-0.2, -0.15) is 5.10 Å². The van der Waals surface area contributed by atoms with Crippen molar-refractivity contribution >= 4 is 17.6 Å². The fraction of sp³-hybridized carbons (Fsp3) is 0.452. The molecule has 2 aliphatic rings. The highest BCUT2D eigenvalue weighted by atomic mass is 16.4. The van der Waals surface area contributed by atoms with Crippen LogP contribution >= 0.6 is 0 Å². The fourth-order valence-corrected chi connectivity index (χ4v) is 5.79. The van der Waals surface area contributed by atoms with Crippen molar-refractivity contribution in [3.8, 4) is 5.69 Å². The van der Waals surface area contributed by atoms with E-state index in [2.05, 4.69) is 50.5 Å². The lowest BCUT2D eigenvalue weighted by Gasteiger charge is -2.31. The highest BCUT2D eigenvalue weighted by Gasteiger charge is 2.28. The molecule has 1 saturated heterocycles. The Kier molecular flexibility index (Phi) is 7.54. The van der Waals surface area contributed by atoms with Crippen molar-refractivity contribution < 1.29 is 14.7 Å². The van der Waals surface area contributed by atoms with E-state index in [1.165, 1.54) is 35.2 Å². The monoisotopic (exact) mass is 514 g/mol. The first-order chi connectivity index (χ1) is 18.3. The van der Waals surface area contributed by atoms with Gasteiger partial charge < -0.3 is 15.3 Å². The molecule has 2 atom stereocenters. The molecule has 1 aliphatic carbocycles. The Labute approximate surface area is 224 Å². The lowest BCUT2D eigenvalue weighted by molar-refractivity contribution is -0.143. The Morgan fingerprint density at radius 1 is 1.05 bits per heavy atom. The maximum Gasteiger partial charge on any atom is 0.308 e. The van der Waals surface area contributed by atoms with Gasteiger partial charge in [0.25, 0.3) is 5.91 Å². The van der Waals surface area contributed by atoms with Crippen molar-refractivity contribution in [2.75, 3.05) is 18.4 Å². The number of rotatable bonds is 7. The summed E-state index contributed by atoms with van der Waals surface area (Å²) in [6.07, 6.45) is 8.21. The number of anilines is 1. The molecule has 0 spiro atoms. The van der Waals surface area contributed by atoms with Crippen LogP contribution < -0.4 is 5.32 Å². The molecule has 0 saturated carbocycles. The molecule has 7 heteroatoms. The van der Waals surface area contributed by atoms with E-state index in [1.54, 1.807) is 4.90 Å². The molecule has 2 N–H and O–H groups in total. The number of carbonyl (C=O) groups is 2. The minimum atomic E-state index is -0.825. The van der Waals surface area contributed by atoms with E-state index in [1.807, 2.05) is 28.9 Å². The van der Waals surface area contributed by atoms with Crippen LogP contribution in [-0.2, 0) is 17.6 Å². The number of benzene rings is 2. The number of carbonyl (C=O) groups excluding carboxylic acids is 1. The number of carboxylic acids is 1. The maximum atomic E-state index is 13.0. The second kappa shape index (κ2) is 11.0. The molecular formula is C31H38N4O3. The van der Waals surface area contributed by atoms with E-state index in [4.69, 9.17) is 5.10 Å². The molecule has 7 nitrogen and oxygen atoms in total.